The molecule has 1 aromatic carbocycles. The topological polar surface area (TPSA) is 80.5 Å². The van der Waals surface area contributed by atoms with Gasteiger partial charge in [0.15, 0.2) is 0 Å². The fraction of sp³-hybridized carbons (Fsp3) is 0.435. The fourth-order valence-corrected chi connectivity index (χ4v) is 4.40. The largest absolute Gasteiger partial charge is 0.462 e. The third-order valence-electron chi connectivity index (χ3n) is 5.91. The minimum absolute atomic E-state index is 0.0166. The third kappa shape index (κ3) is 3.65. The highest BCUT2D eigenvalue weighted by atomic mass is 16.5. The fourth-order valence-electron chi connectivity index (χ4n) is 4.40. The predicted molar refractivity (Wildman–Crippen MR) is 116 cm³/mol. The van der Waals surface area contributed by atoms with E-state index in [1.165, 1.54) is 0 Å². The molecule has 7 nitrogen and oxygen atoms in total. The van der Waals surface area contributed by atoms with Gasteiger partial charge in [0.1, 0.15) is 17.5 Å². The first-order valence-corrected chi connectivity index (χ1v) is 10.5. The summed E-state index contributed by atoms with van der Waals surface area (Å²) in [5.74, 6) is 0.320. The van der Waals surface area contributed by atoms with Gasteiger partial charge in [-0.2, -0.15) is 0 Å². The maximum absolute atomic E-state index is 12.7. The van der Waals surface area contributed by atoms with Gasteiger partial charge in [-0.1, -0.05) is 18.2 Å². The van der Waals surface area contributed by atoms with Crippen LogP contribution in [0.1, 0.15) is 47.6 Å². The number of piperidine rings is 1. The number of pyridine rings is 1. The van der Waals surface area contributed by atoms with Gasteiger partial charge in [-0.05, 0) is 32.3 Å². The summed E-state index contributed by atoms with van der Waals surface area (Å²) in [4.78, 5) is 23.8. The maximum atomic E-state index is 12.7. The summed E-state index contributed by atoms with van der Waals surface area (Å²) in [7, 11) is 1.89. The van der Waals surface area contributed by atoms with Gasteiger partial charge in [-0.3, -0.25) is 4.98 Å². The molecule has 158 valence electrons. The van der Waals surface area contributed by atoms with Crippen molar-refractivity contribution in [2.75, 3.05) is 24.6 Å². The SMILES string of the molecule is CCOC(=O)c1cnc2c(C)cccc2c1N1CCCC(C(O)c2nccn2C)C1. The molecule has 3 heterocycles. The number of esters is 1. The first-order valence-electron chi connectivity index (χ1n) is 10.5. The summed E-state index contributed by atoms with van der Waals surface area (Å²) in [6, 6.07) is 6.01. The van der Waals surface area contributed by atoms with Gasteiger partial charge in [0.25, 0.3) is 0 Å². The van der Waals surface area contributed by atoms with Crippen LogP contribution in [-0.4, -0.2) is 45.3 Å². The van der Waals surface area contributed by atoms with Crippen molar-refractivity contribution in [2.45, 2.75) is 32.8 Å². The molecule has 4 rings (SSSR count). The third-order valence-corrected chi connectivity index (χ3v) is 5.91. The zero-order chi connectivity index (χ0) is 21.3. The van der Waals surface area contributed by atoms with Gasteiger partial charge in [0.05, 0.1) is 17.8 Å². The zero-order valence-electron chi connectivity index (χ0n) is 17.7. The molecule has 2 aromatic heterocycles. The number of fused-ring (bicyclic) bond motifs is 1. The number of hydrogen-bond donors (Lipinski definition) is 1. The Kier molecular flexibility index (Phi) is 5.72. The number of carbonyl (C=O) groups excluding carboxylic acids is 1. The van der Waals surface area contributed by atoms with E-state index < -0.39 is 6.10 Å². The van der Waals surface area contributed by atoms with E-state index in [4.69, 9.17) is 4.74 Å². The van der Waals surface area contributed by atoms with E-state index in [2.05, 4.69) is 14.9 Å². The van der Waals surface area contributed by atoms with Gasteiger partial charge in [0, 0.05) is 50.0 Å². The molecule has 0 aliphatic carbocycles. The summed E-state index contributed by atoms with van der Waals surface area (Å²) in [6.07, 6.45) is 6.34. The number of benzene rings is 1. The highest BCUT2D eigenvalue weighted by Crippen LogP contribution is 2.37. The Morgan fingerprint density at radius 1 is 1.37 bits per heavy atom. The Morgan fingerprint density at radius 3 is 2.93 bits per heavy atom. The number of imidazole rings is 1. The number of aromatic nitrogens is 3. The van der Waals surface area contributed by atoms with Crippen molar-refractivity contribution in [3.8, 4) is 0 Å². The average Bonchev–Trinajstić information content (AvgIpc) is 3.18. The molecule has 3 aromatic rings. The summed E-state index contributed by atoms with van der Waals surface area (Å²) in [5.41, 5.74) is 3.26. The molecule has 0 radical (unpaired) electrons. The van der Waals surface area contributed by atoms with Crippen molar-refractivity contribution in [1.82, 2.24) is 14.5 Å². The van der Waals surface area contributed by atoms with E-state index in [1.54, 1.807) is 19.3 Å². The molecule has 1 fully saturated rings. The summed E-state index contributed by atoms with van der Waals surface area (Å²) < 4.78 is 7.18. The van der Waals surface area contributed by atoms with E-state index in [-0.39, 0.29) is 11.9 Å². The lowest BCUT2D eigenvalue weighted by Gasteiger charge is -2.37. The Balaban J connectivity index is 1.75. The normalized spacial score (nSPS) is 17.9. The van der Waals surface area contributed by atoms with Gasteiger partial charge in [0.2, 0.25) is 0 Å². The lowest BCUT2D eigenvalue weighted by molar-refractivity contribution is 0.0526. The van der Waals surface area contributed by atoms with Crippen LogP contribution in [-0.2, 0) is 11.8 Å². The van der Waals surface area contributed by atoms with Crippen molar-refractivity contribution in [1.29, 1.82) is 0 Å². The Hall–Kier alpha value is -2.93. The van der Waals surface area contributed by atoms with Gasteiger partial charge < -0.3 is 19.3 Å². The Labute approximate surface area is 176 Å². The molecule has 7 heteroatoms. The quantitative estimate of drug-likeness (QED) is 0.652. The van der Waals surface area contributed by atoms with Crippen molar-refractivity contribution in [3.63, 3.8) is 0 Å². The number of aliphatic hydroxyl groups is 1. The van der Waals surface area contributed by atoms with Crippen LogP contribution in [0.15, 0.2) is 36.8 Å². The van der Waals surface area contributed by atoms with Crippen LogP contribution in [0.4, 0.5) is 5.69 Å². The number of anilines is 1. The standard InChI is InChI=1S/C23H28N4O3/c1-4-30-23(29)18-13-25-19-15(2)7-5-9-17(19)20(18)27-11-6-8-16(14-27)21(28)22-24-10-12-26(22)3/h5,7,9-10,12-13,16,21,28H,4,6,8,11,14H2,1-3H3. The van der Waals surface area contributed by atoms with E-state index in [0.717, 1.165) is 41.5 Å². The van der Waals surface area contributed by atoms with Crippen LogP contribution in [0.2, 0.25) is 0 Å². The molecule has 0 saturated carbocycles. The highest BCUT2D eigenvalue weighted by molar-refractivity contribution is 6.05. The molecule has 0 amide bonds. The molecule has 0 bridgehead atoms. The summed E-state index contributed by atoms with van der Waals surface area (Å²) >= 11 is 0. The van der Waals surface area contributed by atoms with E-state index in [9.17, 15) is 9.90 Å². The van der Waals surface area contributed by atoms with E-state index >= 15 is 0 Å². The molecule has 2 unspecified atom stereocenters. The second-order valence-electron chi connectivity index (χ2n) is 7.90. The molecule has 2 atom stereocenters. The predicted octanol–water partition coefficient (Wildman–Crippen LogP) is 3.40. The van der Waals surface area contributed by atoms with Crippen molar-refractivity contribution >= 4 is 22.6 Å². The lowest BCUT2D eigenvalue weighted by Crippen LogP contribution is -2.39. The van der Waals surface area contributed by atoms with E-state index in [1.807, 2.05) is 42.9 Å². The summed E-state index contributed by atoms with van der Waals surface area (Å²) in [5, 5.41) is 11.9. The van der Waals surface area contributed by atoms with Crippen molar-refractivity contribution in [2.24, 2.45) is 13.0 Å². The highest BCUT2D eigenvalue weighted by Gasteiger charge is 2.32. The summed E-state index contributed by atoms with van der Waals surface area (Å²) in [6.45, 7) is 5.57. The Bertz CT molecular complexity index is 1060. The number of ether oxygens (including phenoxy) is 1. The van der Waals surface area contributed by atoms with Crippen molar-refractivity contribution < 1.29 is 14.6 Å². The maximum Gasteiger partial charge on any atom is 0.341 e. The number of rotatable bonds is 5. The van der Waals surface area contributed by atoms with Crippen LogP contribution >= 0.6 is 0 Å². The average molecular weight is 409 g/mol. The molecule has 0 spiro atoms. The van der Waals surface area contributed by atoms with Crippen LogP contribution in [0, 0.1) is 12.8 Å². The van der Waals surface area contributed by atoms with Crippen LogP contribution in [0.5, 0.6) is 0 Å². The monoisotopic (exact) mass is 408 g/mol. The number of carbonyl (C=O) groups is 1. The van der Waals surface area contributed by atoms with Gasteiger partial charge in [-0.25, -0.2) is 9.78 Å². The number of para-hydroxylation sites is 1. The molecule has 1 aliphatic heterocycles. The second-order valence-corrected chi connectivity index (χ2v) is 7.90. The smallest absolute Gasteiger partial charge is 0.341 e. The zero-order valence-corrected chi connectivity index (χ0v) is 17.7. The lowest BCUT2D eigenvalue weighted by atomic mass is 9.90. The van der Waals surface area contributed by atoms with Gasteiger partial charge >= 0.3 is 5.97 Å². The number of aliphatic hydroxyl groups excluding tert-OH is 1. The molecule has 1 N–H and O–H groups in total. The molecule has 1 aliphatic rings. The van der Waals surface area contributed by atoms with Crippen molar-refractivity contribution in [3.05, 3.63) is 53.7 Å². The minimum atomic E-state index is -0.659. The minimum Gasteiger partial charge on any atom is -0.462 e. The molecular formula is C23H28N4O3. The van der Waals surface area contributed by atoms with E-state index in [0.29, 0.717) is 24.5 Å². The number of nitrogens with zero attached hydrogens (tertiary/aromatic N) is 4. The second kappa shape index (κ2) is 8.44. The molecule has 1 saturated heterocycles. The van der Waals surface area contributed by atoms with Crippen LogP contribution in [0.25, 0.3) is 10.9 Å². The van der Waals surface area contributed by atoms with Crippen LogP contribution < -0.4 is 4.90 Å². The number of hydrogen-bond acceptors (Lipinski definition) is 6. The Morgan fingerprint density at radius 2 is 2.20 bits per heavy atom. The van der Waals surface area contributed by atoms with Gasteiger partial charge in [-0.15, -0.1) is 0 Å². The first kappa shape index (κ1) is 20.3. The first-order chi connectivity index (χ1) is 14.5. The van der Waals surface area contributed by atoms with Crippen LogP contribution in [0.3, 0.4) is 0 Å². The molecular weight excluding hydrogens is 380 g/mol. The molecule has 30 heavy (non-hydrogen) atoms. The number of aryl methyl sites for hydroxylation is 2.